The minimum absolute atomic E-state index is 0.198. The lowest BCUT2D eigenvalue weighted by Gasteiger charge is -2.16. The molecule has 0 aliphatic heterocycles. The van der Waals surface area contributed by atoms with Gasteiger partial charge in [-0.25, -0.2) is 0 Å². The Morgan fingerprint density at radius 1 is 1.26 bits per heavy atom. The predicted octanol–water partition coefficient (Wildman–Crippen LogP) is 3.94. The number of hydrogen-bond donors (Lipinski definition) is 0. The van der Waals surface area contributed by atoms with Gasteiger partial charge < -0.3 is 9.32 Å². The van der Waals surface area contributed by atoms with E-state index in [2.05, 4.69) is 0 Å². The van der Waals surface area contributed by atoms with Gasteiger partial charge in [0.2, 0.25) is 0 Å². The van der Waals surface area contributed by atoms with Gasteiger partial charge in [-0.05, 0) is 23.8 Å². The van der Waals surface area contributed by atoms with Crippen LogP contribution in [0.2, 0.25) is 5.02 Å². The Labute approximate surface area is 121 Å². The number of furan rings is 1. The summed E-state index contributed by atoms with van der Waals surface area (Å²) in [5.74, 6) is 0.916. The van der Waals surface area contributed by atoms with Gasteiger partial charge in [0.05, 0.1) is 5.88 Å². The number of nitrogens with zero attached hydrogens (tertiary/aromatic N) is 1. The molecule has 0 saturated heterocycles. The average molecular weight is 298 g/mol. The predicted molar refractivity (Wildman–Crippen MR) is 75.5 cm³/mol. The maximum absolute atomic E-state index is 12.1. The monoisotopic (exact) mass is 297 g/mol. The highest BCUT2D eigenvalue weighted by molar-refractivity contribution is 6.31. The molecule has 1 aromatic heterocycles. The van der Waals surface area contributed by atoms with E-state index in [0.29, 0.717) is 17.3 Å². The van der Waals surface area contributed by atoms with Crippen LogP contribution in [0.4, 0.5) is 0 Å². The van der Waals surface area contributed by atoms with E-state index in [1.54, 1.807) is 30.1 Å². The highest BCUT2D eigenvalue weighted by atomic mass is 35.5. The van der Waals surface area contributed by atoms with Crippen LogP contribution in [0.15, 0.2) is 40.8 Å². The minimum Gasteiger partial charge on any atom is -0.455 e. The maximum Gasteiger partial charge on any atom is 0.289 e. The van der Waals surface area contributed by atoms with Crippen molar-refractivity contribution in [1.82, 2.24) is 4.90 Å². The van der Waals surface area contributed by atoms with E-state index in [1.807, 2.05) is 18.2 Å². The van der Waals surface area contributed by atoms with E-state index in [1.165, 1.54) is 0 Å². The summed E-state index contributed by atoms with van der Waals surface area (Å²) in [5, 5.41) is 0.642. The Morgan fingerprint density at radius 3 is 2.63 bits per heavy atom. The van der Waals surface area contributed by atoms with Gasteiger partial charge >= 0.3 is 0 Å². The SMILES string of the molecule is CN(Cc1ccccc1Cl)C(=O)c1ccc(CCl)o1. The van der Waals surface area contributed by atoms with E-state index in [4.69, 9.17) is 27.6 Å². The first-order valence-corrected chi connectivity index (χ1v) is 6.66. The molecule has 0 bridgehead atoms. The van der Waals surface area contributed by atoms with Crippen molar-refractivity contribution in [2.75, 3.05) is 7.05 Å². The molecule has 0 unspecified atom stereocenters. The number of rotatable bonds is 4. The third-order valence-corrected chi connectivity index (χ3v) is 3.35. The fourth-order valence-electron chi connectivity index (χ4n) is 1.71. The summed E-state index contributed by atoms with van der Waals surface area (Å²) in [6.07, 6.45) is 0. The second-order valence-corrected chi connectivity index (χ2v) is 4.83. The van der Waals surface area contributed by atoms with Gasteiger partial charge in [0.15, 0.2) is 5.76 Å². The third kappa shape index (κ3) is 3.31. The zero-order valence-corrected chi connectivity index (χ0v) is 11.9. The smallest absolute Gasteiger partial charge is 0.289 e. The molecule has 1 amide bonds. The molecule has 100 valence electrons. The largest absolute Gasteiger partial charge is 0.455 e. The molecule has 1 aromatic carbocycles. The van der Waals surface area contributed by atoms with Crippen LogP contribution < -0.4 is 0 Å². The molecule has 0 radical (unpaired) electrons. The van der Waals surface area contributed by atoms with Crippen molar-refractivity contribution >= 4 is 29.1 Å². The Hall–Kier alpha value is -1.45. The summed E-state index contributed by atoms with van der Waals surface area (Å²) < 4.78 is 5.33. The molecule has 0 fully saturated rings. The molecule has 0 atom stereocenters. The summed E-state index contributed by atoms with van der Waals surface area (Å²) in [6, 6.07) is 10.8. The topological polar surface area (TPSA) is 33.5 Å². The molecule has 0 aliphatic carbocycles. The first-order chi connectivity index (χ1) is 9.11. The normalized spacial score (nSPS) is 10.5. The molecule has 0 aliphatic rings. The Bertz CT molecular complexity index is 580. The summed E-state index contributed by atoms with van der Waals surface area (Å²) in [5.41, 5.74) is 0.893. The molecule has 2 aromatic rings. The number of carbonyl (C=O) groups is 1. The van der Waals surface area contributed by atoms with Gasteiger partial charge in [0.25, 0.3) is 5.91 Å². The van der Waals surface area contributed by atoms with Crippen LogP contribution in [0.3, 0.4) is 0 Å². The number of benzene rings is 1. The number of alkyl halides is 1. The van der Waals surface area contributed by atoms with Crippen molar-refractivity contribution in [3.8, 4) is 0 Å². The minimum atomic E-state index is -0.198. The highest BCUT2D eigenvalue weighted by Crippen LogP contribution is 2.18. The fourth-order valence-corrected chi connectivity index (χ4v) is 2.05. The molecule has 3 nitrogen and oxygen atoms in total. The van der Waals surface area contributed by atoms with Crippen LogP contribution in [0.5, 0.6) is 0 Å². The van der Waals surface area contributed by atoms with Crippen LogP contribution in [0, 0.1) is 0 Å². The summed E-state index contributed by atoms with van der Waals surface area (Å²) in [6.45, 7) is 0.426. The van der Waals surface area contributed by atoms with E-state index in [0.717, 1.165) is 5.56 Å². The molecule has 0 spiro atoms. The Balaban J connectivity index is 2.09. The summed E-state index contributed by atoms with van der Waals surface area (Å²) in [7, 11) is 1.70. The number of carbonyl (C=O) groups excluding carboxylic acids is 1. The van der Waals surface area contributed by atoms with Crippen LogP contribution in [-0.4, -0.2) is 17.9 Å². The molecule has 5 heteroatoms. The highest BCUT2D eigenvalue weighted by Gasteiger charge is 2.16. The summed E-state index contributed by atoms with van der Waals surface area (Å²) in [4.78, 5) is 13.7. The summed E-state index contributed by atoms with van der Waals surface area (Å²) >= 11 is 11.7. The zero-order valence-electron chi connectivity index (χ0n) is 10.4. The molecular weight excluding hydrogens is 285 g/mol. The Morgan fingerprint density at radius 2 is 2.00 bits per heavy atom. The van der Waals surface area contributed by atoms with E-state index in [9.17, 15) is 4.79 Å². The molecule has 2 rings (SSSR count). The quantitative estimate of drug-likeness (QED) is 0.801. The molecule has 0 saturated carbocycles. The second-order valence-electron chi connectivity index (χ2n) is 4.15. The zero-order chi connectivity index (χ0) is 13.8. The third-order valence-electron chi connectivity index (χ3n) is 2.72. The van der Waals surface area contributed by atoms with Crippen molar-refractivity contribution in [2.45, 2.75) is 12.4 Å². The molecule has 0 N–H and O–H groups in total. The van der Waals surface area contributed by atoms with Crippen LogP contribution in [-0.2, 0) is 12.4 Å². The lowest BCUT2D eigenvalue weighted by molar-refractivity contribution is 0.0752. The van der Waals surface area contributed by atoms with Crippen molar-refractivity contribution < 1.29 is 9.21 Å². The van der Waals surface area contributed by atoms with Crippen molar-refractivity contribution in [1.29, 1.82) is 0 Å². The maximum atomic E-state index is 12.1. The van der Waals surface area contributed by atoms with Crippen molar-refractivity contribution in [2.24, 2.45) is 0 Å². The standard InChI is InChI=1S/C14H13Cl2NO2/c1-17(9-10-4-2-3-5-12(10)16)14(18)13-7-6-11(8-15)19-13/h2-7H,8-9H2,1H3. The van der Waals surface area contributed by atoms with E-state index in [-0.39, 0.29) is 17.5 Å². The number of halogens is 2. The molecular formula is C14H13Cl2NO2. The molecule has 19 heavy (non-hydrogen) atoms. The van der Waals surface area contributed by atoms with Crippen molar-refractivity contribution in [3.63, 3.8) is 0 Å². The van der Waals surface area contributed by atoms with Crippen LogP contribution >= 0.6 is 23.2 Å². The van der Waals surface area contributed by atoms with E-state index >= 15 is 0 Å². The Kier molecular flexibility index (Phi) is 4.51. The first kappa shape index (κ1) is 14.0. The molecule has 1 heterocycles. The van der Waals surface area contributed by atoms with Gasteiger partial charge in [-0.3, -0.25) is 4.79 Å². The lowest BCUT2D eigenvalue weighted by atomic mass is 10.2. The average Bonchev–Trinajstić information content (AvgIpc) is 2.89. The fraction of sp³-hybridized carbons (Fsp3) is 0.214. The van der Waals surface area contributed by atoms with E-state index < -0.39 is 0 Å². The van der Waals surface area contributed by atoms with Crippen LogP contribution in [0.1, 0.15) is 21.9 Å². The van der Waals surface area contributed by atoms with Gasteiger partial charge in [0.1, 0.15) is 5.76 Å². The number of hydrogen-bond acceptors (Lipinski definition) is 2. The van der Waals surface area contributed by atoms with Crippen LogP contribution in [0.25, 0.3) is 0 Å². The van der Waals surface area contributed by atoms with Gasteiger partial charge in [-0.1, -0.05) is 29.8 Å². The number of amides is 1. The first-order valence-electron chi connectivity index (χ1n) is 5.75. The van der Waals surface area contributed by atoms with Gasteiger partial charge in [-0.2, -0.15) is 0 Å². The second kappa shape index (κ2) is 6.13. The van der Waals surface area contributed by atoms with Gasteiger partial charge in [-0.15, -0.1) is 11.6 Å². The van der Waals surface area contributed by atoms with Gasteiger partial charge in [0, 0.05) is 18.6 Å². The van der Waals surface area contributed by atoms with Crippen molar-refractivity contribution in [3.05, 3.63) is 58.5 Å². The lowest BCUT2D eigenvalue weighted by Crippen LogP contribution is -2.25.